The fraction of sp³-hybridized carbons (Fsp3) is 0. The first-order valence-corrected chi connectivity index (χ1v) is 0. The summed E-state index contributed by atoms with van der Waals surface area (Å²) in [7, 11) is 0. The van der Waals surface area contributed by atoms with Crippen LogP contribution in [0.2, 0.25) is 0 Å². The molecule has 0 bridgehead atoms. The summed E-state index contributed by atoms with van der Waals surface area (Å²) in [6.45, 7) is 0. The van der Waals surface area contributed by atoms with E-state index in [4.69, 9.17) is 0 Å². The van der Waals surface area contributed by atoms with Crippen molar-refractivity contribution < 1.29 is 410 Å². The number of hydrogen-bond acceptors (Lipinski definition) is 0. The first-order chi connectivity index (χ1) is 0. The predicted molar refractivity (Wildman–Crippen MR) is 14.3 cm³/mol. The van der Waals surface area contributed by atoms with Crippen molar-refractivity contribution in [2.75, 3.05) is 0 Å². The minimum absolute atomic E-state index is 0. The second-order valence-corrected chi connectivity index (χ2v) is 0. The van der Waals surface area contributed by atoms with E-state index >= 15 is 0 Å². The molecule has 0 amide bonds. The minimum Gasteiger partial charge on any atom is 0 e. The molecule has 0 aliphatic rings. The summed E-state index contributed by atoms with van der Waals surface area (Å²) in [5, 5.41) is 0. The van der Waals surface area contributed by atoms with Crippen molar-refractivity contribution in [2.45, 2.75) is 0 Å². The largest absolute Gasteiger partial charge is 0 e. The molecule has 0 rings (SSSR count). The van der Waals surface area contributed by atoms with E-state index in [0.717, 1.165) is 0 Å². The van der Waals surface area contributed by atoms with Gasteiger partial charge in [0.05, 0.1) is 0 Å². The van der Waals surface area contributed by atoms with Crippen LogP contribution in [-0.4, -0.2) is 77.0 Å². The molecule has 0 aliphatic heterocycles. The summed E-state index contributed by atoms with van der Waals surface area (Å²) >= 11 is 0. The van der Waals surface area contributed by atoms with Crippen LogP contribution in [-0.2, 0) is 91.1 Å². The van der Waals surface area contributed by atoms with E-state index in [2.05, 4.69) is 0 Å². The van der Waals surface area contributed by atoms with E-state index in [1.54, 1.807) is 0 Å². The van der Waals surface area contributed by atoms with Gasteiger partial charge in [0.25, 0.3) is 0 Å². The first-order valence-electron chi connectivity index (χ1n) is 0. The van der Waals surface area contributed by atoms with E-state index in [0.29, 0.717) is 0 Å². The van der Waals surface area contributed by atoms with Crippen molar-refractivity contribution >= 4 is 77.0 Å². The van der Waals surface area contributed by atoms with Crippen LogP contribution in [0.25, 0.3) is 0 Å². The topological polar surface area (TPSA) is 0 Å². The zero-order valence-corrected chi connectivity index (χ0v) is 31.4. The molecular formula is H2CrDyErEuHfHoLiLuNdRbSmTbTiZr. The third kappa shape index (κ3) is 79.8. The third-order valence-electron chi connectivity index (χ3n) is 0. The Morgan fingerprint density at radius 2 is 1.00 bits per heavy atom. The molecule has 0 unspecified atom stereocenters. The summed E-state index contributed by atoms with van der Waals surface area (Å²) < 4.78 is 0. The molecule has 0 aromatic rings. The normalized spacial score (nSPS) is 0. The molecule has 0 fully saturated rings. The van der Waals surface area contributed by atoms with E-state index in [-0.39, 0.29) is 487 Å². The predicted octanol–water partition coefficient (Wildman–Crippen LogP) is -1.31. The molecule has 0 saturated carbocycles. The van der Waals surface area contributed by atoms with Crippen molar-refractivity contribution in [1.82, 2.24) is 0 Å². The van der Waals surface area contributed by atoms with Crippen molar-refractivity contribution in [3.63, 3.8) is 0 Å². The summed E-state index contributed by atoms with van der Waals surface area (Å²) in [6, 6.07) is 0. The number of hydrogen-bond donors (Lipinski definition) is 0. The zero-order chi connectivity index (χ0) is 0. The summed E-state index contributed by atoms with van der Waals surface area (Å²) in [6.07, 6.45) is 0. The van der Waals surface area contributed by atoms with Gasteiger partial charge in [-0.05, 0) is 0 Å². The van der Waals surface area contributed by atoms with Crippen molar-refractivity contribution in [1.29, 1.82) is 0 Å². The molecule has 14 heteroatoms. The summed E-state index contributed by atoms with van der Waals surface area (Å²) in [5.41, 5.74) is 0. The molecule has 14 heavy (non-hydrogen) atoms. The van der Waals surface area contributed by atoms with Crippen LogP contribution in [0.5, 0.6) is 0 Å². The van der Waals surface area contributed by atoms with Gasteiger partial charge < -0.3 is 0 Å². The Labute approximate surface area is 468 Å². The Bertz CT molecular complexity index is 53.3. The monoisotopic (exact) mass is 1740 g/mol. The van der Waals surface area contributed by atoms with Gasteiger partial charge in [-0.3, -0.25) is 0 Å². The van der Waals surface area contributed by atoms with Crippen LogP contribution in [0.4, 0.5) is 0 Å². The van der Waals surface area contributed by atoms with Crippen molar-refractivity contribution in [3.05, 3.63) is 0 Å². The van der Waals surface area contributed by atoms with Crippen molar-refractivity contribution in [3.8, 4) is 0 Å². The van der Waals surface area contributed by atoms with Gasteiger partial charge in [-0.25, -0.2) is 0 Å². The number of rotatable bonds is 0. The molecule has 0 spiro atoms. The van der Waals surface area contributed by atoms with Crippen LogP contribution in [0.15, 0.2) is 0 Å². The van der Waals surface area contributed by atoms with E-state index in [9.17, 15) is 0 Å². The molecule has 0 aliphatic carbocycles. The molecule has 0 N–H and O–H groups in total. The van der Waals surface area contributed by atoms with Crippen LogP contribution < -0.4 is 0 Å². The fourth-order valence-corrected chi connectivity index (χ4v) is 0. The molecule has 0 heterocycles. The molecule has 0 aromatic heterocycles. The second-order valence-electron chi connectivity index (χ2n) is 0. The van der Waals surface area contributed by atoms with Crippen LogP contribution in [0, 0.1) is 319 Å². The average molecular weight is 1740 g/mol. The molecular weight excluding hydrogens is 1740 g/mol. The van der Waals surface area contributed by atoms with Gasteiger partial charge in [-0.15, -0.1) is 0 Å². The minimum atomic E-state index is 0. The van der Waals surface area contributed by atoms with E-state index in [1.165, 1.54) is 0 Å². The molecule has 0 atom stereocenters. The summed E-state index contributed by atoms with van der Waals surface area (Å²) in [4.78, 5) is 0. The average Bonchev–Trinajstić information content (AvgIpc) is 0. The maximum Gasteiger partial charge on any atom is 0 e. The van der Waals surface area contributed by atoms with Gasteiger partial charge in [0.2, 0.25) is 0 Å². The molecule has 96 valence electrons. The third-order valence-corrected chi connectivity index (χ3v) is 0. The molecule has 4 radical (unpaired) electrons. The maximum absolute atomic E-state index is 0. The van der Waals surface area contributed by atoms with Gasteiger partial charge in [0.1, 0.15) is 0 Å². The van der Waals surface area contributed by atoms with Gasteiger partial charge in [0.15, 0.2) is 0 Å². The Morgan fingerprint density at radius 1 is 1.00 bits per heavy atom. The first kappa shape index (κ1) is 98.6. The second kappa shape index (κ2) is 88.9. The zero-order valence-electron chi connectivity index (χ0n) is 4.69. The molecule has 0 aromatic carbocycles. The summed E-state index contributed by atoms with van der Waals surface area (Å²) in [5.74, 6) is 0. The molecule has 0 nitrogen and oxygen atoms in total. The van der Waals surface area contributed by atoms with Gasteiger partial charge in [-0.1, -0.05) is 0 Å². The van der Waals surface area contributed by atoms with Crippen molar-refractivity contribution in [2.24, 2.45) is 0 Å². The van der Waals surface area contributed by atoms with Crippen LogP contribution in [0.1, 0.15) is 0 Å². The SMILES string of the molecule is [Cr].[Dy].[Er].[Eu].[Hf].[Ho].[LiH].[Lu].[Nd].[RbH].[Sm].[Tb].[Ti].[Zr]. The standard InChI is InChI=1S/Cr.Dy.Er.Eu.Hf.Ho.Li.Lu.Nd.Rb.Sm.Tb.Ti.Zr.2H. The molecule has 0 saturated heterocycles. The van der Waals surface area contributed by atoms with Gasteiger partial charge >= 0.3 is 77.0 Å². The quantitative estimate of drug-likeness (QED) is 0.265. The van der Waals surface area contributed by atoms with Crippen LogP contribution >= 0.6 is 0 Å². The fourth-order valence-electron chi connectivity index (χ4n) is 0. The van der Waals surface area contributed by atoms with Gasteiger partial charge in [0, 0.05) is 410 Å². The Kier molecular flexibility index (Phi) is 626. The maximum atomic E-state index is 0. The van der Waals surface area contributed by atoms with Crippen LogP contribution in [0.3, 0.4) is 0 Å². The van der Waals surface area contributed by atoms with E-state index < -0.39 is 0 Å². The van der Waals surface area contributed by atoms with E-state index in [1.807, 2.05) is 0 Å². The Balaban J connectivity index is 0. The Hall–Kier alpha value is 16.0. The smallest absolute Gasteiger partial charge is 0 e. The Morgan fingerprint density at radius 3 is 1.00 bits per heavy atom. The van der Waals surface area contributed by atoms with Gasteiger partial charge in [-0.2, -0.15) is 0 Å².